The first-order valence-electron chi connectivity index (χ1n) is 7.12. The van der Waals surface area contributed by atoms with E-state index in [1.54, 1.807) is 7.05 Å². The molecule has 0 bridgehead atoms. The van der Waals surface area contributed by atoms with Crippen LogP contribution >= 0.6 is 0 Å². The fraction of sp³-hybridized carbons (Fsp3) is 1.00. The van der Waals surface area contributed by atoms with Gasteiger partial charge in [-0.15, -0.1) is 0 Å². The van der Waals surface area contributed by atoms with Crippen LogP contribution in [0.3, 0.4) is 0 Å². The van der Waals surface area contributed by atoms with Gasteiger partial charge in [0.1, 0.15) is 0 Å². The molecule has 1 unspecified atom stereocenters. The smallest absolute Gasteiger partial charge is 0.279 e. The van der Waals surface area contributed by atoms with Crippen molar-refractivity contribution in [3.63, 3.8) is 0 Å². The van der Waals surface area contributed by atoms with Crippen molar-refractivity contribution in [3.05, 3.63) is 0 Å². The summed E-state index contributed by atoms with van der Waals surface area (Å²) in [5.74, 6) is 0. The Bertz CT molecular complexity index is 342. The molecule has 1 rings (SSSR count). The highest BCUT2D eigenvalue weighted by Gasteiger charge is 2.21. The van der Waals surface area contributed by atoms with E-state index >= 15 is 0 Å². The molecule has 0 aromatic rings. The summed E-state index contributed by atoms with van der Waals surface area (Å²) in [5.41, 5.74) is 5.39. The Morgan fingerprint density at radius 2 is 1.95 bits per heavy atom. The molecule has 1 atom stereocenters. The summed E-state index contributed by atoms with van der Waals surface area (Å²) in [7, 11) is -1.78. The molecular weight excluding hydrogens is 264 g/mol. The van der Waals surface area contributed by atoms with Crippen molar-refractivity contribution in [1.82, 2.24) is 13.9 Å². The van der Waals surface area contributed by atoms with Crippen molar-refractivity contribution in [1.29, 1.82) is 0 Å². The lowest BCUT2D eigenvalue weighted by atomic mass is 10.1. The molecule has 1 aliphatic rings. The third kappa shape index (κ3) is 5.74. The summed E-state index contributed by atoms with van der Waals surface area (Å²) in [5, 5.41) is 0. The molecular formula is C12H28N4O2S. The van der Waals surface area contributed by atoms with Gasteiger partial charge in [-0.1, -0.05) is 6.42 Å². The average Bonchev–Trinajstić information content (AvgIpc) is 2.43. The molecule has 0 aromatic carbocycles. The molecule has 6 nitrogen and oxygen atoms in total. The van der Waals surface area contributed by atoms with Gasteiger partial charge < -0.3 is 5.73 Å². The SMILES string of the molecule is CC(CNS(=O)(=O)N(C)CCCN)N1CCCCC1. The van der Waals surface area contributed by atoms with E-state index in [2.05, 4.69) is 16.5 Å². The molecule has 1 aliphatic heterocycles. The Hall–Kier alpha value is -0.210. The maximum absolute atomic E-state index is 12.0. The van der Waals surface area contributed by atoms with Gasteiger partial charge in [0.15, 0.2) is 0 Å². The highest BCUT2D eigenvalue weighted by molar-refractivity contribution is 7.87. The lowest BCUT2D eigenvalue weighted by Gasteiger charge is -2.32. The van der Waals surface area contributed by atoms with Crippen LogP contribution in [0.2, 0.25) is 0 Å². The quantitative estimate of drug-likeness (QED) is 0.659. The normalized spacial score (nSPS) is 19.8. The summed E-state index contributed by atoms with van der Waals surface area (Å²) < 4.78 is 28.0. The number of likely N-dealkylation sites (tertiary alicyclic amines) is 1. The largest absolute Gasteiger partial charge is 0.330 e. The van der Waals surface area contributed by atoms with Crippen molar-refractivity contribution in [2.75, 3.05) is 39.8 Å². The van der Waals surface area contributed by atoms with Gasteiger partial charge in [0.25, 0.3) is 10.2 Å². The zero-order chi connectivity index (χ0) is 14.3. The number of nitrogens with two attached hydrogens (primary N) is 1. The molecule has 114 valence electrons. The highest BCUT2D eigenvalue weighted by Crippen LogP contribution is 2.11. The van der Waals surface area contributed by atoms with Crippen LogP contribution in [0.15, 0.2) is 0 Å². The zero-order valence-corrected chi connectivity index (χ0v) is 13.0. The zero-order valence-electron chi connectivity index (χ0n) is 12.1. The Morgan fingerprint density at radius 1 is 1.32 bits per heavy atom. The third-order valence-electron chi connectivity index (χ3n) is 3.66. The number of nitrogens with one attached hydrogen (secondary N) is 1. The van der Waals surface area contributed by atoms with E-state index in [9.17, 15) is 8.42 Å². The van der Waals surface area contributed by atoms with E-state index in [1.807, 2.05) is 0 Å². The summed E-state index contributed by atoms with van der Waals surface area (Å²) >= 11 is 0. The minimum Gasteiger partial charge on any atom is -0.330 e. The van der Waals surface area contributed by atoms with E-state index in [-0.39, 0.29) is 6.04 Å². The summed E-state index contributed by atoms with van der Waals surface area (Å²) in [6, 6.07) is 0.248. The Labute approximate surface area is 117 Å². The Kier molecular flexibility index (Phi) is 7.23. The van der Waals surface area contributed by atoms with Crippen LogP contribution in [0.5, 0.6) is 0 Å². The summed E-state index contributed by atoms with van der Waals surface area (Å²) in [6.45, 7) is 5.66. The van der Waals surface area contributed by atoms with Gasteiger partial charge in [0.05, 0.1) is 0 Å². The molecule has 0 aliphatic carbocycles. The minimum absolute atomic E-state index is 0.248. The fourth-order valence-electron chi connectivity index (χ4n) is 2.26. The molecule has 0 aromatic heterocycles. The molecule has 0 radical (unpaired) electrons. The molecule has 7 heteroatoms. The molecule has 1 heterocycles. The first kappa shape index (κ1) is 16.8. The lowest BCUT2D eigenvalue weighted by Crippen LogP contribution is -2.47. The third-order valence-corrected chi connectivity index (χ3v) is 5.20. The van der Waals surface area contributed by atoms with Crippen LogP contribution < -0.4 is 10.5 Å². The van der Waals surface area contributed by atoms with Gasteiger partial charge >= 0.3 is 0 Å². The molecule has 0 spiro atoms. The second-order valence-corrected chi connectivity index (χ2v) is 7.13. The standard InChI is InChI=1S/C12H28N4O2S/c1-12(16-9-4-3-5-10-16)11-14-19(17,18)15(2)8-6-7-13/h12,14H,3-11,13H2,1-2H3. The highest BCUT2D eigenvalue weighted by atomic mass is 32.2. The average molecular weight is 292 g/mol. The number of hydrogen-bond donors (Lipinski definition) is 2. The van der Waals surface area contributed by atoms with Crippen LogP contribution in [0.1, 0.15) is 32.6 Å². The van der Waals surface area contributed by atoms with Crippen LogP contribution in [0.25, 0.3) is 0 Å². The van der Waals surface area contributed by atoms with Crippen molar-refractivity contribution < 1.29 is 8.42 Å². The Balaban J connectivity index is 2.36. The maximum atomic E-state index is 12.0. The fourth-order valence-corrected chi connectivity index (χ4v) is 3.30. The minimum atomic E-state index is -3.37. The van der Waals surface area contributed by atoms with Gasteiger partial charge in [-0.2, -0.15) is 12.7 Å². The number of piperidine rings is 1. The van der Waals surface area contributed by atoms with Gasteiger partial charge in [0, 0.05) is 26.2 Å². The van der Waals surface area contributed by atoms with Crippen molar-refractivity contribution in [2.24, 2.45) is 5.73 Å². The number of hydrogen-bond acceptors (Lipinski definition) is 4. The van der Waals surface area contributed by atoms with Crippen molar-refractivity contribution >= 4 is 10.2 Å². The molecule has 3 N–H and O–H groups in total. The van der Waals surface area contributed by atoms with Crippen molar-refractivity contribution in [3.8, 4) is 0 Å². The first-order valence-corrected chi connectivity index (χ1v) is 8.56. The van der Waals surface area contributed by atoms with Gasteiger partial charge in [-0.05, 0) is 45.8 Å². The molecule has 0 saturated carbocycles. The monoisotopic (exact) mass is 292 g/mol. The molecule has 19 heavy (non-hydrogen) atoms. The molecule has 0 amide bonds. The lowest BCUT2D eigenvalue weighted by molar-refractivity contribution is 0.175. The van der Waals surface area contributed by atoms with E-state index < -0.39 is 10.2 Å². The molecule has 1 saturated heterocycles. The van der Waals surface area contributed by atoms with E-state index in [1.165, 1.54) is 23.6 Å². The van der Waals surface area contributed by atoms with Crippen molar-refractivity contribution in [2.45, 2.75) is 38.6 Å². The van der Waals surface area contributed by atoms with E-state index in [0.29, 0.717) is 26.1 Å². The van der Waals surface area contributed by atoms with Crippen LogP contribution in [0.4, 0.5) is 0 Å². The van der Waals surface area contributed by atoms with E-state index in [4.69, 9.17) is 5.73 Å². The Morgan fingerprint density at radius 3 is 2.53 bits per heavy atom. The van der Waals surface area contributed by atoms with Gasteiger partial charge in [0.2, 0.25) is 0 Å². The van der Waals surface area contributed by atoms with Crippen LogP contribution in [0, 0.1) is 0 Å². The van der Waals surface area contributed by atoms with Gasteiger partial charge in [-0.3, -0.25) is 4.90 Å². The maximum Gasteiger partial charge on any atom is 0.279 e. The summed E-state index contributed by atoms with van der Waals surface area (Å²) in [6.07, 6.45) is 4.40. The van der Waals surface area contributed by atoms with Gasteiger partial charge in [-0.25, -0.2) is 4.72 Å². The number of nitrogens with zero attached hydrogens (tertiary/aromatic N) is 2. The molecule has 1 fully saturated rings. The summed E-state index contributed by atoms with van der Waals surface area (Å²) in [4.78, 5) is 2.35. The van der Waals surface area contributed by atoms with E-state index in [0.717, 1.165) is 13.1 Å². The first-order chi connectivity index (χ1) is 8.97. The topological polar surface area (TPSA) is 78.7 Å². The predicted molar refractivity (Wildman–Crippen MR) is 78.1 cm³/mol. The van der Waals surface area contributed by atoms with Crippen LogP contribution in [-0.4, -0.2) is 63.4 Å². The predicted octanol–water partition coefficient (Wildman–Crippen LogP) is -0.0242. The second-order valence-electron chi connectivity index (χ2n) is 5.26. The van der Waals surface area contributed by atoms with Crippen LogP contribution in [-0.2, 0) is 10.2 Å². The number of rotatable bonds is 8. The second kappa shape index (κ2) is 8.16.